The molecular formula is C9H15NS. The van der Waals surface area contributed by atoms with Crippen molar-refractivity contribution in [2.75, 3.05) is 0 Å². The maximum Gasteiger partial charge on any atom is 0.0379 e. The molecule has 0 atom stereocenters. The molecule has 0 saturated carbocycles. The van der Waals surface area contributed by atoms with Gasteiger partial charge in [-0.1, -0.05) is 13.0 Å². The lowest BCUT2D eigenvalue weighted by atomic mass is 10.3. The minimum atomic E-state index is 0.982. The summed E-state index contributed by atoms with van der Waals surface area (Å²) in [5.41, 5.74) is 0.988. The van der Waals surface area contributed by atoms with Crippen LogP contribution < -0.4 is 0 Å². The molecule has 0 N–H and O–H groups in total. The monoisotopic (exact) mass is 169 g/mol. The third kappa shape index (κ3) is 5.92. The topological polar surface area (TPSA) is 12.4 Å². The molecule has 0 amide bonds. The number of nitrogens with zero attached hydrogens (tertiary/aromatic N) is 1. The van der Waals surface area contributed by atoms with E-state index in [0.717, 1.165) is 17.0 Å². The maximum absolute atomic E-state index is 4.25. The van der Waals surface area contributed by atoms with E-state index in [4.69, 9.17) is 0 Å². The van der Waals surface area contributed by atoms with E-state index < -0.39 is 0 Å². The lowest BCUT2D eigenvalue weighted by Crippen LogP contribution is -1.71. The highest BCUT2D eigenvalue weighted by atomic mass is 32.1. The predicted octanol–water partition coefficient (Wildman–Crippen LogP) is 3.20. The van der Waals surface area contributed by atoms with Gasteiger partial charge in [0.25, 0.3) is 0 Å². The predicted molar refractivity (Wildman–Crippen MR) is 55.3 cm³/mol. The summed E-state index contributed by atoms with van der Waals surface area (Å²) in [5.74, 6) is 0. The Morgan fingerprint density at radius 3 is 2.64 bits per heavy atom. The second kappa shape index (κ2) is 6.23. The van der Waals surface area contributed by atoms with E-state index in [1.165, 1.54) is 0 Å². The van der Waals surface area contributed by atoms with E-state index in [-0.39, 0.29) is 0 Å². The van der Waals surface area contributed by atoms with E-state index in [0.29, 0.717) is 0 Å². The average molecular weight is 169 g/mol. The van der Waals surface area contributed by atoms with Gasteiger partial charge in [-0.2, -0.15) is 0 Å². The van der Waals surface area contributed by atoms with Crippen molar-refractivity contribution < 1.29 is 0 Å². The summed E-state index contributed by atoms with van der Waals surface area (Å²) in [7, 11) is 0. The Balaban J connectivity index is 4.18. The molecule has 0 rings (SSSR count). The van der Waals surface area contributed by atoms with Crippen molar-refractivity contribution in [2.24, 2.45) is 4.99 Å². The molecular weight excluding hydrogens is 154 g/mol. The molecule has 0 unspecified atom stereocenters. The van der Waals surface area contributed by atoms with Crippen LogP contribution in [0.15, 0.2) is 27.7 Å². The molecule has 0 aromatic heterocycles. The Kier molecular flexibility index (Phi) is 5.94. The fourth-order valence-electron chi connectivity index (χ4n) is 0.723. The molecule has 0 spiro atoms. The van der Waals surface area contributed by atoms with E-state index in [9.17, 15) is 0 Å². The van der Waals surface area contributed by atoms with Crippen LogP contribution in [0, 0.1) is 0 Å². The number of hydrogen-bond donors (Lipinski definition) is 1. The zero-order valence-corrected chi connectivity index (χ0v) is 8.23. The van der Waals surface area contributed by atoms with Crippen LogP contribution in [0.3, 0.4) is 0 Å². The minimum absolute atomic E-state index is 0.982. The largest absolute Gasteiger partial charge is 0.266 e. The summed E-state index contributed by atoms with van der Waals surface area (Å²) in [4.78, 5) is 5.08. The van der Waals surface area contributed by atoms with E-state index in [2.05, 4.69) is 30.6 Å². The Labute approximate surface area is 74.3 Å². The molecule has 0 heterocycles. The fourth-order valence-corrected chi connectivity index (χ4v) is 1.09. The van der Waals surface area contributed by atoms with Crippen molar-refractivity contribution in [3.8, 4) is 0 Å². The molecule has 0 radical (unpaired) electrons. The standard InChI is InChI=1S/C9H15NS/c1-4-6-9(11)7-8(3)10-5-2/h5-7,11H,4H2,1-3H3/b8-7-,9-6-,10-5-. The molecule has 0 fully saturated rings. The highest BCUT2D eigenvalue weighted by Crippen LogP contribution is 2.07. The van der Waals surface area contributed by atoms with Crippen molar-refractivity contribution in [2.45, 2.75) is 27.2 Å². The highest BCUT2D eigenvalue weighted by Gasteiger charge is 1.84. The van der Waals surface area contributed by atoms with Crippen LogP contribution in [0.1, 0.15) is 27.2 Å². The van der Waals surface area contributed by atoms with E-state index in [1.54, 1.807) is 6.21 Å². The number of aliphatic imine (C=N–C) groups is 1. The maximum atomic E-state index is 4.25. The Morgan fingerprint density at radius 2 is 2.18 bits per heavy atom. The normalized spacial score (nSPS) is 14.5. The first-order chi connectivity index (χ1) is 5.20. The second-order valence-electron chi connectivity index (χ2n) is 2.21. The molecule has 62 valence electrons. The van der Waals surface area contributed by atoms with Gasteiger partial charge in [-0.25, -0.2) is 0 Å². The Hall–Kier alpha value is -0.500. The number of allylic oxidation sites excluding steroid dienone is 3. The fraction of sp³-hybridized carbons (Fsp3) is 0.444. The molecule has 2 heteroatoms. The molecule has 11 heavy (non-hydrogen) atoms. The van der Waals surface area contributed by atoms with Crippen LogP contribution in [0.2, 0.25) is 0 Å². The molecule has 0 aliphatic rings. The summed E-state index contributed by atoms with van der Waals surface area (Å²) in [6, 6.07) is 0. The SMILES string of the molecule is C\C=N/C(C)=C\C(S)=C\CC. The lowest BCUT2D eigenvalue weighted by molar-refractivity contribution is 1.21. The zero-order chi connectivity index (χ0) is 8.69. The van der Waals surface area contributed by atoms with Gasteiger partial charge in [0.15, 0.2) is 0 Å². The lowest BCUT2D eigenvalue weighted by Gasteiger charge is -1.91. The first-order valence-electron chi connectivity index (χ1n) is 3.76. The summed E-state index contributed by atoms with van der Waals surface area (Å²) in [6.45, 7) is 5.95. The van der Waals surface area contributed by atoms with Crippen molar-refractivity contribution in [1.82, 2.24) is 0 Å². The Morgan fingerprint density at radius 1 is 1.55 bits per heavy atom. The molecule has 0 aromatic carbocycles. The number of hydrogen-bond acceptors (Lipinski definition) is 2. The quantitative estimate of drug-likeness (QED) is 0.378. The van der Waals surface area contributed by atoms with Gasteiger partial charge in [0.2, 0.25) is 0 Å². The second-order valence-corrected chi connectivity index (χ2v) is 2.73. The summed E-state index contributed by atoms with van der Waals surface area (Å²) in [5, 5.41) is 0. The first-order valence-corrected chi connectivity index (χ1v) is 4.21. The van der Waals surface area contributed by atoms with Crippen LogP contribution in [0.4, 0.5) is 0 Å². The van der Waals surface area contributed by atoms with Crippen molar-refractivity contribution >= 4 is 18.8 Å². The average Bonchev–Trinajstić information content (AvgIpc) is 1.87. The van der Waals surface area contributed by atoms with Gasteiger partial charge in [-0.05, 0) is 26.3 Å². The van der Waals surface area contributed by atoms with Gasteiger partial charge >= 0.3 is 0 Å². The van der Waals surface area contributed by atoms with Crippen LogP contribution in [-0.4, -0.2) is 6.21 Å². The van der Waals surface area contributed by atoms with Crippen LogP contribution >= 0.6 is 12.6 Å². The van der Waals surface area contributed by atoms with Crippen molar-refractivity contribution in [3.63, 3.8) is 0 Å². The van der Waals surface area contributed by atoms with Crippen LogP contribution in [0.5, 0.6) is 0 Å². The van der Waals surface area contributed by atoms with Crippen LogP contribution in [-0.2, 0) is 0 Å². The highest BCUT2D eigenvalue weighted by molar-refractivity contribution is 7.84. The van der Waals surface area contributed by atoms with Crippen molar-refractivity contribution in [1.29, 1.82) is 0 Å². The smallest absolute Gasteiger partial charge is 0.0379 e. The van der Waals surface area contributed by atoms with E-state index in [1.807, 2.05) is 19.9 Å². The van der Waals surface area contributed by atoms with Crippen LogP contribution in [0.25, 0.3) is 0 Å². The third-order valence-electron chi connectivity index (χ3n) is 1.10. The molecule has 1 nitrogen and oxygen atoms in total. The van der Waals surface area contributed by atoms with Gasteiger partial charge < -0.3 is 0 Å². The summed E-state index contributed by atoms with van der Waals surface area (Å²) >= 11 is 4.25. The Bertz CT molecular complexity index is 190. The van der Waals surface area contributed by atoms with E-state index >= 15 is 0 Å². The number of thiol groups is 1. The van der Waals surface area contributed by atoms with Crippen molar-refractivity contribution in [3.05, 3.63) is 22.8 Å². The van der Waals surface area contributed by atoms with Gasteiger partial charge in [-0.15, -0.1) is 12.6 Å². The minimum Gasteiger partial charge on any atom is -0.266 e. The first kappa shape index (κ1) is 10.5. The van der Waals surface area contributed by atoms with Gasteiger partial charge in [0, 0.05) is 16.8 Å². The molecule has 0 aromatic rings. The molecule has 0 bridgehead atoms. The van der Waals surface area contributed by atoms with Gasteiger partial charge in [-0.3, -0.25) is 4.99 Å². The van der Waals surface area contributed by atoms with Gasteiger partial charge in [0.05, 0.1) is 0 Å². The number of rotatable bonds is 3. The third-order valence-corrected chi connectivity index (χ3v) is 1.41. The molecule has 0 aliphatic carbocycles. The summed E-state index contributed by atoms with van der Waals surface area (Å²) in [6.07, 6.45) is 6.79. The van der Waals surface area contributed by atoms with Gasteiger partial charge in [0.1, 0.15) is 0 Å². The molecule has 0 aliphatic heterocycles. The zero-order valence-electron chi connectivity index (χ0n) is 7.33. The summed E-state index contributed by atoms with van der Waals surface area (Å²) < 4.78 is 0. The molecule has 0 saturated heterocycles.